The number of methoxy groups -OCH3 is 1. The van der Waals surface area contributed by atoms with Gasteiger partial charge in [-0.15, -0.1) is 10.2 Å². The summed E-state index contributed by atoms with van der Waals surface area (Å²) in [5, 5.41) is 11.0. The quantitative estimate of drug-likeness (QED) is 0.450. The summed E-state index contributed by atoms with van der Waals surface area (Å²) in [7, 11) is 1.31. The molecule has 0 saturated heterocycles. The molecular weight excluding hydrogens is 434 g/mol. The van der Waals surface area contributed by atoms with Crippen molar-refractivity contribution in [1.29, 1.82) is 0 Å². The molecule has 0 atom stereocenters. The Balaban J connectivity index is 1.55. The summed E-state index contributed by atoms with van der Waals surface area (Å²) in [6.45, 7) is 0. The second kappa shape index (κ2) is 8.83. The van der Waals surface area contributed by atoms with Crippen molar-refractivity contribution in [3.05, 3.63) is 58.6 Å². The van der Waals surface area contributed by atoms with E-state index < -0.39 is 5.97 Å². The van der Waals surface area contributed by atoms with E-state index in [4.69, 9.17) is 4.42 Å². The van der Waals surface area contributed by atoms with Crippen LogP contribution in [0.5, 0.6) is 0 Å². The molecule has 7 nitrogen and oxygen atoms in total. The Morgan fingerprint density at radius 3 is 2.59 bits per heavy atom. The maximum absolute atomic E-state index is 12.1. The van der Waals surface area contributed by atoms with Crippen molar-refractivity contribution in [2.75, 3.05) is 18.2 Å². The number of thioether (sulfide) groups is 1. The van der Waals surface area contributed by atoms with Crippen LogP contribution in [-0.2, 0) is 9.53 Å². The zero-order valence-corrected chi connectivity index (χ0v) is 16.5. The number of nitrogens with one attached hydrogen (secondary N) is 1. The molecule has 2 aromatic carbocycles. The first kappa shape index (κ1) is 19.1. The van der Waals surface area contributed by atoms with Gasteiger partial charge in [0.25, 0.3) is 5.22 Å². The average molecular weight is 448 g/mol. The number of hydrogen-bond donors (Lipinski definition) is 1. The Labute approximate surface area is 167 Å². The van der Waals surface area contributed by atoms with Crippen molar-refractivity contribution in [3.8, 4) is 11.5 Å². The number of carbonyl (C=O) groups is 2. The summed E-state index contributed by atoms with van der Waals surface area (Å²) in [6, 6.07) is 13.9. The van der Waals surface area contributed by atoms with E-state index in [9.17, 15) is 9.59 Å². The maximum Gasteiger partial charge on any atom is 0.337 e. The summed E-state index contributed by atoms with van der Waals surface area (Å²) in [4.78, 5) is 23.5. The van der Waals surface area contributed by atoms with E-state index in [1.807, 2.05) is 24.3 Å². The first-order chi connectivity index (χ1) is 13.1. The molecule has 1 heterocycles. The molecule has 0 bridgehead atoms. The number of anilines is 1. The van der Waals surface area contributed by atoms with Crippen LogP contribution in [0.2, 0.25) is 0 Å². The van der Waals surface area contributed by atoms with Crippen molar-refractivity contribution < 1.29 is 18.7 Å². The highest BCUT2D eigenvalue weighted by molar-refractivity contribution is 9.10. The molecule has 0 fully saturated rings. The van der Waals surface area contributed by atoms with E-state index >= 15 is 0 Å². The fourth-order valence-electron chi connectivity index (χ4n) is 2.14. The number of halogens is 1. The van der Waals surface area contributed by atoms with Crippen LogP contribution in [0.1, 0.15) is 10.4 Å². The average Bonchev–Trinajstić information content (AvgIpc) is 3.15. The first-order valence-corrected chi connectivity index (χ1v) is 9.54. The van der Waals surface area contributed by atoms with Gasteiger partial charge in [0.05, 0.1) is 24.0 Å². The fourth-order valence-corrected chi connectivity index (χ4v) is 3.16. The van der Waals surface area contributed by atoms with E-state index in [0.717, 1.165) is 21.8 Å². The number of esters is 1. The zero-order valence-electron chi connectivity index (χ0n) is 14.1. The maximum atomic E-state index is 12.1. The lowest BCUT2D eigenvalue weighted by Crippen LogP contribution is -2.14. The van der Waals surface area contributed by atoms with Gasteiger partial charge in [0.1, 0.15) is 0 Å². The fraction of sp³-hybridized carbons (Fsp3) is 0.111. The highest BCUT2D eigenvalue weighted by atomic mass is 79.9. The highest BCUT2D eigenvalue weighted by Crippen LogP contribution is 2.29. The lowest BCUT2D eigenvalue weighted by atomic mass is 10.2. The van der Waals surface area contributed by atoms with Crippen molar-refractivity contribution >= 4 is 45.3 Å². The highest BCUT2D eigenvalue weighted by Gasteiger charge is 2.13. The minimum absolute atomic E-state index is 0.107. The SMILES string of the molecule is COC(=O)c1ccc(NC(=O)CSc2nnc(-c3ccccc3Br)o2)cc1. The molecule has 138 valence electrons. The Kier molecular flexibility index (Phi) is 6.25. The first-order valence-electron chi connectivity index (χ1n) is 7.76. The molecule has 0 aliphatic rings. The standard InChI is InChI=1S/C18H14BrN3O4S/c1-25-17(24)11-6-8-12(9-7-11)20-15(23)10-27-18-22-21-16(26-18)13-4-2-3-5-14(13)19/h2-9H,10H2,1H3,(H,20,23). The molecule has 1 amide bonds. The van der Waals surface area contributed by atoms with Crippen LogP contribution in [0.4, 0.5) is 5.69 Å². The molecule has 0 aliphatic carbocycles. The zero-order chi connectivity index (χ0) is 19.2. The Bertz CT molecular complexity index is 959. The van der Waals surface area contributed by atoms with Crippen LogP contribution in [0, 0.1) is 0 Å². The van der Waals surface area contributed by atoms with Gasteiger partial charge in [-0.3, -0.25) is 4.79 Å². The molecule has 1 N–H and O–H groups in total. The van der Waals surface area contributed by atoms with E-state index in [1.165, 1.54) is 7.11 Å². The number of aromatic nitrogens is 2. The normalized spacial score (nSPS) is 10.4. The van der Waals surface area contributed by atoms with Crippen LogP contribution in [0.15, 0.2) is 62.6 Å². The third-order valence-electron chi connectivity index (χ3n) is 3.43. The Morgan fingerprint density at radius 1 is 1.15 bits per heavy atom. The van der Waals surface area contributed by atoms with Crippen LogP contribution in [0.3, 0.4) is 0 Å². The van der Waals surface area contributed by atoms with Gasteiger partial charge >= 0.3 is 5.97 Å². The lowest BCUT2D eigenvalue weighted by Gasteiger charge is -2.05. The number of amides is 1. The third-order valence-corrected chi connectivity index (χ3v) is 4.94. The molecule has 3 aromatic rings. The van der Waals surface area contributed by atoms with Crippen LogP contribution >= 0.6 is 27.7 Å². The molecule has 0 radical (unpaired) electrons. The van der Waals surface area contributed by atoms with Gasteiger partial charge < -0.3 is 14.5 Å². The van der Waals surface area contributed by atoms with Gasteiger partial charge in [0.15, 0.2) is 0 Å². The number of ether oxygens (including phenoxy) is 1. The number of rotatable bonds is 6. The van der Waals surface area contributed by atoms with Gasteiger partial charge in [-0.1, -0.05) is 23.9 Å². The van der Waals surface area contributed by atoms with Crippen molar-refractivity contribution in [2.24, 2.45) is 0 Å². The van der Waals surface area contributed by atoms with Gasteiger partial charge in [0.2, 0.25) is 11.8 Å². The molecule has 0 aliphatic heterocycles. The minimum atomic E-state index is -0.430. The number of carbonyl (C=O) groups excluding carboxylic acids is 2. The molecule has 3 rings (SSSR count). The van der Waals surface area contributed by atoms with Gasteiger partial charge in [-0.05, 0) is 52.3 Å². The molecule has 0 unspecified atom stereocenters. The van der Waals surface area contributed by atoms with E-state index in [-0.39, 0.29) is 11.7 Å². The predicted octanol–water partition coefficient (Wildman–Crippen LogP) is 4.02. The molecule has 0 spiro atoms. The molecule has 0 saturated carbocycles. The predicted molar refractivity (Wildman–Crippen MR) is 105 cm³/mol. The summed E-state index contributed by atoms with van der Waals surface area (Å²) in [5.41, 5.74) is 1.77. The number of hydrogen-bond acceptors (Lipinski definition) is 7. The number of benzene rings is 2. The topological polar surface area (TPSA) is 94.3 Å². The summed E-state index contributed by atoms with van der Waals surface area (Å²) >= 11 is 4.57. The molecule has 27 heavy (non-hydrogen) atoms. The smallest absolute Gasteiger partial charge is 0.337 e. The largest absolute Gasteiger partial charge is 0.465 e. The molecular formula is C18H14BrN3O4S. The molecule has 1 aromatic heterocycles. The second-order valence-electron chi connectivity index (χ2n) is 5.26. The molecule has 9 heteroatoms. The van der Waals surface area contributed by atoms with Crippen LogP contribution < -0.4 is 5.32 Å². The van der Waals surface area contributed by atoms with Crippen LogP contribution in [-0.4, -0.2) is 34.9 Å². The van der Waals surface area contributed by atoms with Crippen molar-refractivity contribution in [3.63, 3.8) is 0 Å². The van der Waals surface area contributed by atoms with Crippen molar-refractivity contribution in [1.82, 2.24) is 10.2 Å². The monoisotopic (exact) mass is 447 g/mol. The van der Waals surface area contributed by atoms with E-state index in [1.54, 1.807) is 24.3 Å². The minimum Gasteiger partial charge on any atom is -0.465 e. The van der Waals surface area contributed by atoms with E-state index in [0.29, 0.717) is 22.4 Å². The Morgan fingerprint density at radius 2 is 1.89 bits per heavy atom. The van der Waals surface area contributed by atoms with E-state index in [2.05, 4.69) is 36.2 Å². The third kappa shape index (κ3) is 4.95. The van der Waals surface area contributed by atoms with Gasteiger partial charge in [0, 0.05) is 10.2 Å². The van der Waals surface area contributed by atoms with Gasteiger partial charge in [-0.2, -0.15) is 0 Å². The van der Waals surface area contributed by atoms with Crippen LogP contribution in [0.25, 0.3) is 11.5 Å². The number of nitrogens with zero attached hydrogens (tertiary/aromatic N) is 2. The van der Waals surface area contributed by atoms with Crippen molar-refractivity contribution in [2.45, 2.75) is 5.22 Å². The van der Waals surface area contributed by atoms with Gasteiger partial charge in [-0.25, -0.2) is 4.79 Å². The Hall–Kier alpha value is -2.65. The lowest BCUT2D eigenvalue weighted by molar-refractivity contribution is -0.113. The summed E-state index contributed by atoms with van der Waals surface area (Å²) < 4.78 is 11.1. The summed E-state index contributed by atoms with van der Waals surface area (Å²) in [6.07, 6.45) is 0. The second-order valence-corrected chi connectivity index (χ2v) is 7.04. The summed E-state index contributed by atoms with van der Waals surface area (Å²) in [5.74, 6) is -0.174.